The lowest BCUT2D eigenvalue weighted by molar-refractivity contribution is 0.306. The zero-order valence-corrected chi connectivity index (χ0v) is 19.7. The summed E-state index contributed by atoms with van der Waals surface area (Å²) >= 11 is 0. The molecule has 8 nitrogen and oxygen atoms in total. The van der Waals surface area contributed by atoms with E-state index in [1.54, 1.807) is 4.57 Å². The average Bonchev–Trinajstić information content (AvgIpc) is 3.42. The average molecular weight is 467 g/mol. The summed E-state index contributed by atoms with van der Waals surface area (Å²) in [6.07, 6.45) is 1.68. The smallest absolute Gasteiger partial charge is 0.261 e. The molecule has 0 unspecified atom stereocenters. The van der Waals surface area contributed by atoms with Crippen LogP contribution in [0.2, 0.25) is 0 Å². The third-order valence-electron chi connectivity index (χ3n) is 5.89. The molecule has 0 radical (unpaired) electrons. The molecule has 2 heterocycles. The first-order valence-electron chi connectivity index (χ1n) is 11.7. The third kappa shape index (κ3) is 4.96. The van der Waals surface area contributed by atoms with Gasteiger partial charge in [-0.2, -0.15) is 5.21 Å². The number of hydrogen-bond acceptors (Lipinski definition) is 6. The Bertz CT molecular complexity index is 1490. The highest BCUT2D eigenvalue weighted by atomic mass is 16.5. The first kappa shape index (κ1) is 22.5. The van der Waals surface area contributed by atoms with Crippen molar-refractivity contribution >= 4 is 10.9 Å². The summed E-state index contributed by atoms with van der Waals surface area (Å²) in [4.78, 5) is 18.1. The van der Waals surface area contributed by atoms with Crippen LogP contribution in [0.1, 0.15) is 35.9 Å². The number of aryl methyl sites for hydroxylation is 2. The molecule has 0 saturated heterocycles. The lowest BCUT2D eigenvalue weighted by Crippen LogP contribution is -2.26. The van der Waals surface area contributed by atoms with E-state index >= 15 is 0 Å². The fraction of sp³-hybridized carbons (Fsp3) is 0.222. The van der Waals surface area contributed by atoms with Crippen LogP contribution >= 0.6 is 0 Å². The number of benzene rings is 3. The minimum absolute atomic E-state index is 0.00624. The van der Waals surface area contributed by atoms with Gasteiger partial charge in [0.1, 0.15) is 18.2 Å². The van der Waals surface area contributed by atoms with Crippen molar-refractivity contribution in [2.45, 2.75) is 39.8 Å². The number of nitrogens with zero attached hydrogens (tertiary/aromatic N) is 5. The predicted octanol–water partition coefficient (Wildman–Crippen LogP) is 4.46. The number of tetrazole rings is 1. The molecule has 5 rings (SSSR count). The van der Waals surface area contributed by atoms with Crippen LogP contribution in [0.15, 0.2) is 71.5 Å². The van der Waals surface area contributed by atoms with Crippen LogP contribution in [0, 0.1) is 6.92 Å². The van der Waals surface area contributed by atoms with Crippen LogP contribution in [0.3, 0.4) is 0 Å². The molecule has 5 aromatic rings. The Morgan fingerprint density at radius 2 is 1.74 bits per heavy atom. The monoisotopic (exact) mass is 466 g/mol. The minimum atomic E-state index is 0.00624. The Hall–Kier alpha value is -4.33. The highest BCUT2D eigenvalue weighted by molar-refractivity contribution is 5.78. The predicted molar refractivity (Wildman–Crippen MR) is 134 cm³/mol. The number of hydrogen-bond donors (Lipinski definition) is 1. The van der Waals surface area contributed by atoms with Crippen molar-refractivity contribution in [2.75, 3.05) is 0 Å². The number of aromatic nitrogens is 6. The molecule has 0 aliphatic heterocycles. The fourth-order valence-corrected chi connectivity index (χ4v) is 4.03. The second-order valence-electron chi connectivity index (χ2n) is 8.55. The van der Waals surface area contributed by atoms with Crippen molar-refractivity contribution in [1.82, 2.24) is 30.2 Å². The normalized spacial score (nSPS) is 11.1. The van der Waals surface area contributed by atoms with Crippen LogP contribution in [0.25, 0.3) is 22.3 Å². The Labute approximate surface area is 202 Å². The van der Waals surface area contributed by atoms with Gasteiger partial charge in [0.25, 0.3) is 5.56 Å². The van der Waals surface area contributed by atoms with Crippen molar-refractivity contribution in [3.05, 3.63) is 99.6 Å². The van der Waals surface area contributed by atoms with E-state index in [0.717, 1.165) is 52.2 Å². The quantitative estimate of drug-likeness (QED) is 0.362. The first-order valence-corrected chi connectivity index (χ1v) is 11.7. The van der Waals surface area contributed by atoms with E-state index in [1.807, 2.05) is 73.7 Å². The molecular weight excluding hydrogens is 440 g/mol. The summed E-state index contributed by atoms with van der Waals surface area (Å²) in [5.41, 5.74) is 4.77. The highest BCUT2D eigenvalue weighted by Crippen LogP contribution is 2.19. The van der Waals surface area contributed by atoms with Crippen molar-refractivity contribution < 1.29 is 4.74 Å². The molecule has 8 heteroatoms. The second kappa shape index (κ2) is 9.89. The minimum Gasteiger partial charge on any atom is -0.489 e. The lowest BCUT2D eigenvalue weighted by atomic mass is 10.1. The van der Waals surface area contributed by atoms with Gasteiger partial charge in [0, 0.05) is 12.0 Å². The molecule has 176 valence electrons. The van der Waals surface area contributed by atoms with Crippen molar-refractivity contribution in [2.24, 2.45) is 0 Å². The SMILES string of the molecule is CCCc1nc2ccc(C)cc2c(=O)n1Cc1ccc(OCc2ccc(-c3nn[nH]n3)cc2)cc1. The van der Waals surface area contributed by atoms with Gasteiger partial charge in [0.15, 0.2) is 0 Å². The van der Waals surface area contributed by atoms with Crippen LogP contribution < -0.4 is 10.3 Å². The summed E-state index contributed by atoms with van der Waals surface area (Å²) < 4.78 is 7.75. The third-order valence-corrected chi connectivity index (χ3v) is 5.89. The van der Waals surface area contributed by atoms with E-state index in [2.05, 4.69) is 27.5 Å². The Kier molecular flexibility index (Phi) is 6.34. The van der Waals surface area contributed by atoms with Gasteiger partial charge in [-0.15, -0.1) is 10.2 Å². The number of nitrogens with one attached hydrogen (secondary N) is 1. The lowest BCUT2D eigenvalue weighted by Gasteiger charge is -2.14. The number of H-pyrrole nitrogens is 1. The zero-order valence-electron chi connectivity index (χ0n) is 19.7. The van der Waals surface area contributed by atoms with Crippen molar-refractivity contribution in [1.29, 1.82) is 0 Å². The molecule has 0 saturated carbocycles. The molecular formula is C27H26N6O2. The zero-order chi connectivity index (χ0) is 24.2. The van der Waals surface area contributed by atoms with Gasteiger partial charge in [0.2, 0.25) is 5.82 Å². The van der Waals surface area contributed by atoms with Crippen molar-refractivity contribution in [3.63, 3.8) is 0 Å². The van der Waals surface area contributed by atoms with E-state index in [0.29, 0.717) is 24.4 Å². The van der Waals surface area contributed by atoms with E-state index < -0.39 is 0 Å². The second-order valence-corrected chi connectivity index (χ2v) is 8.55. The molecule has 0 aliphatic carbocycles. The molecule has 35 heavy (non-hydrogen) atoms. The summed E-state index contributed by atoms with van der Waals surface area (Å²) in [7, 11) is 0. The Morgan fingerprint density at radius 3 is 2.46 bits per heavy atom. The molecule has 0 spiro atoms. The molecule has 0 amide bonds. The van der Waals surface area contributed by atoms with Gasteiger partial charge in [-0.1, -0.05) is 55.0 Å². The number of fused-ring (bicyclic) bond motifs is 1. The Morgan fingerprint density at radius 1 is 0.971 bits per heavy atom. The molecule has 2 aromatic heterocycles. The summed E-state index contributed by atoms with van der Waals surface area (Å²) in [6, 6.07) is 21.6. The topological polar surface area (TPSA) is 98.6 Å². The number of rotatable bonds is 8. The molecule has 0 atom stereocenters. The largest absolute Gasteiger partial charge is 0.489 e. The van der Waals surface area contributed by atoms with E-state index in [-0.39, 0.29) is 5.56 Å². The van der Waals surface area contributed by atoms with E-state index in [4.69, 9.17) is 9.72 Å². The maximum absolute atomic E-state index is 13.3. The molecule has 0 aliphatic rings. The molecule has 0 bridgehead atoms. The van der Waals surface area contributed by atoms with Crippen LogP contribution in [-0.4, -0.2) is 30.2 Å². The van der Waals surface area contributed by atoms with E-state index in [1.165, 1.54) is 0 Å². The van der Waals surface area contributed by atoms with Gasteiger partial charge in [-0.3, -0.25) is 9.36 Å². The van der Waals surface area contributed by atoms with Gasteiger partial charge < -0.3 is 4.74 Å². The summed E-state index contributed by atoms with van der Waals surface area (Å²) in [5, 5.41) is 14.7. The van der Waals surface area contributed by atoms with Gasteiger partial charge in [-0.25, -0.2) is 4.98 Å². The maximum atomic E-state index is 13.3. The van der Waals surface area contributed by atoms with Crippen LogP contribution in [0.4, 0.5) is 0 Å². The standard InChI is InChI=1S/C27H26N6O2/c1-3-4-25-28-24-14-5-18(2)15-23(24)27(34)33(25)16-19-8-12-22(13-9-19)35-17-20-6-10-21(11-7-20)26-29-31-32-30-26/h5-15H,3-4,16-17H2,1-2H3,(H,29,30,31,32). The van der Waals surface area contributed by atoms with Crippen molar-refractivity contribution in [3.8, 4) is 17.1 Å². The summed E-state index contributed by atoms with van der Waals surface area (Å²) in [5.74, 6) is 2.15. The number of ether oxygens (including phenoxy) is 1. The molecule has 0 fully saturated rings. The van der Waals surface area contributed by atoms with E-state index in [9.17, 15) is 4.79 Å². The van der Waals surface area contributed by atoms with Gasteiger partial charge in [-0.05, 0) is 54.0 Å². The first-order chi connectivity index (χ1) is 17.1. The summed E-state index contributed by atoms with van der Waals surface area (Å²) in [6.45, 7) is 5.01. The van der Waals surface area contributed by atoms with Crippen LogP contribution in [0.5, 0.6) is 5.75 Å². The Balaban J connectivity index is 1.30. The molecule has 1 N–H and O–H groups in total. The molecule has 3 aromatic carbocycles. The maximum Gasteiger partial charge on any atom is 0.261 e. The fourth-order valence-electron chi connectivity index (χ4n) is 4.03. The van der Waals surface area contributed by atoms with Gasteiger partial charge in [0.05, 0.1) is 17.4 Å². The highest BCUT2D eigenvalue weighted by Gasteiger charge is 2.12. The van der Waals surface area contributed by atoms with Crippen LogP contribution in [-0.2, 0) is 19.6 Å². The van der Waals surface area contributed by atoms with Gasteiger partial charge >= 0.3 is 0 Å². The number of aromatic amines is 1.